The lowest BCUT2D eigenvalue weighted by atomic mass is 9.93. The molecule has 0 heterocycles. The Hall–Kier alpha value is -2.08. The maximum Gasteiger partial charge on any atom is 0.220 e. The molecule has 110 valence electrons. The van der Waals surface area contributed by atoms with Gasteiger partial charge in [-0.15, -0.1) is 0 Å². The third-order valence-electron chi connectivity index (χ3n) is 3.21. The van der Waals surface area contributed by atoms with Gasteiger partial charge in [0, 0.05) is 11.1 Å². The van der Waals surface area contributed by atoms with Crippen LogP contribution in [0.4, 0.5) is 8.78 Å². The average molecular weight is 310 g/mol. The first-order valence-corrected chi connectivity index (χ1v) is 7.19. The number of alkyl halides is 1. The van der Waals surface area contributed by atoms with E-state index in [9.17, 15) is 22.0 Å². The van der Waals surface area contributed by atoms with E-state index in [1.54, 1.807) is 0 Å². The number of carbonyl (C=O) groups excluding carboxylic acids is 1. The van der Waals surface area contributed by atoms with E-state index in [0.29, 0.717) is 5.56 Å². The number of hydrogen-bond donors (Lipinski definition) is 0. The molecule has 2 rings (SSSR count). The van der Waals surface area contributed by atoms with Crippen molar-refractivity contribution in [2.45, 2.75) is 20.0 Å². The molecule has 3 nitrogen and oxygen atoms in total. The molecule has 1 unspecified atom stereocenters. The van der Waals surface area contributed by atoms with Crippen molar-refractivity contribution < 1.29 is 22.0 Å². The van der Waals surface area contributed by atoms with E-state index < -0.39 is 32.9 Å². The van der Waals surface area contributed by atoms with Gasteiger partial charge in [0.15, 0.2) is 12.0 Å². The molecule has 0 aromatic heterocycles. The van der Waals surface area contributed by atoms with Gasteiger partial charge in [-0.05, 0) is 55.3 Å². The Labute approximate surface area is 122 Å². The molecule has 0 radical (unpaired) electrons. The Morgan fingerprint density at radius 1 is 1.19 bits per heavy atom. The molecule has 1 aromatic carbocycles. The number of allylic oxidation sites excluding steroid dienone is 4. The Bertz CT molecular complexity index is 809. The predicted octanol–water partition coefficient (Wildman–Crippen LogP) is 2.59. The maximum atomic E-state index is 13.7. The highest BCUT2D eigenvalue weighted by atomic mass is 32.2. The molecule has 0 aliphatic heterocycles. The summed E-state index contributed by atoms with van der Waals surface area (Å²) in [6, 6.07) is 3.85. The Kier molecular flexibility index (Phi) is 4.18. The van der Waals surface area contributed by atoms with Gasteiger partial charge >= 0.3 is 0 Å². The van der Waals surface area contributed by atoms with Crippen LogP contribution in [0, 0.1) is 12.7 Å². The van der Waals surface area contributed by atoms with Crippen LogP contribution in [0.2, 0.25) is 0 Å². The average Bonchev–Trinajstić information content (AvgIpc) is 2.43. The zero-order valence-corrected chi connectivity index (χ0v) is 12.2. The van der Waals surface area contributed by atoms with E-state index in [1.165, 1.54) is 32.1 Å². The van der Waals surface area contributed by atoms with Crippen molar-refractivity contribution in [3.8, 4) is 0 Å². The molecule has 6 heteroatoms. The van der Waals surface area contributed by atoms with Crippen LogP contribution in [0.3, 0.4) is 0 Å². The summed E-state index contributed by atoms with van der Waals surface area (Å²) in [6.07, 6.45) is 0.582. The van der Waals surface area contributed by atoms with Gasteiger partial charge in [-0.1, -0.05) is 0 Å². The van der Waals surface area contributed by atoms with Crippen LogP contribution in [-0.2, 0) is 10.3 Å². The lowest BCUT2D eigenvalue weighted by molar-refractivity contribution is 0.103. The van der Waals surface area contributed by atoms with Crippen molar-refractivity contribution in [2.24, 2.45) is 0 Å². The molecule has 0 N–H and O–H groups in total. The fourth-order valence-corrected chi connectivity index (χ4v) is 2.61. The van der Waals surface area contributed by atoms with Gasteiger partial charge in [0.2, 0.25) is 10.3 Å². The minimum Gasteiger partial charge on any atom is -0.289 e. The molecule has 0 bridgehead atoms. The first-order chi connectivity index (χ1) is 9.81. The van der Waals surface area contributed by atoms with E-state index in [4.69, 9.17) is 0 Å². The molecule has 21 heavy (non-hydrogen) atoms. The number of halogens is 2. The second kappa shape index (κ2) is 5.73. The number of hydrogen-bond acceptors (Lipinski definition) is 3. The van der Waals surface area contributed by atoms with Crippen LogP contribution >= 0.6 is 0 Å². The number of aryl methyl sites for hydroxylation is 1. The summed E-state index contributed by atoms with van der Waals surface area (Å²) in [6.45, 7) is 2.93. The standard InChI is InChI=1S/C15H12F2O3S/c1-8-5-10(3-4-12(8)16)15(18)11-6-9(2)14(17)13(7-11)21(19)20/h3-7,14H,1-2H3. The highest BCUT2D eigenvalue weighted by Crippen LogP contribution is 2.22. The molecule has 0 spiro atoms. The van der Waals surface area contributed by atoms with E-state index in [2.05, 4.69) is 0 Å². The van der Waals surface area contributed by atoms with E-state index in [0.717, 1.165) is 12.1 Å². The molecular weight excluding hydrogens is 298 g/mol. The maximum absolute atomic E-state index is 13.7. The lowest BCUT2D eigenvalue weighted by Crippen LogP contribution is -2.22. The van der Waals surface area contributed by atoms with Gasteiger partial charge < -0.3 is 0 Å². The van der Waals surface area contributed by atoms with Gasteiger partial charge in [0.25, 0.3) is 0 Å². The summed E-state index contributed by atoms with van der Waals surface area (Å²) in [5.41, 5.74) is 0.723. The van der Waals surface area contributed by atoms with Crippen LogP contribution in [0.15, 0.2) is 41.5 Å². The van der Waals surface area contributed by atoms with Crippen LogP contribution in [0.5, 0.6) is 0 Å². The SMILES string of the molecule is CC1=CC(C(=O)c2ccc(F)c(C)c2)=CC(=S(=O)=O)C1F. The highest BCUT2D eigenvalue weighted by molar-refractivity contribution is 7.73. The number of carbonyl (C=O) groups is 1. The van der Waals surface area contributed by atoms with Gasteiger partial charge in [0.05, 0.1) is 0 Å². The predicted molar refractivity (Wildman–Crippen MR) is 76.1 cm³/mol. The van der Waals surface area contributed by atoms with E-state index >= 15 is 0 Å². The van der Waals surface area contributed by atoms with Crippen molar-refractivity contribution in [3.05, 3.63) is 58.4 Å². The first kappa shape index (κ1) is 15.3. The fraction of sp³-hybridized carbons (Fsp3) is 0.200. The number of Topliss-reactive ketones (excluding diaryl/α,β-unsaturated/α-hetero) is 1. The topological polar surface area (TPSA) is 51.2 Å². The van der Waals surface area contributed by atoms with Crippen LogP contribution in [0.1, 0.15) is 22.8 Å². The first-order valence-electron chi connectivity index (χ1n) is 6.12. The van der Waals surface area contributed by atoms with Crippen molar-refractivity contribution in [2.75, 3.05) is 0 Å². The number of ketones is 1. The summed E-state index contributed by atoms with van der Waals surface area (Å²) < 4.78 is 49.0. The summed E-state index contributed by atoms with van der Waals surface area (Å²) in [5.74, 6) is -0.917. The van der Waals surface area contributed by atoms with Gasteiger partial charge in [-0.3, -0.25) is 4.79 Å². The smallest absolute Gasteiger partial charge is 0.220 e. The van der Waals surface area contributed by atoms with Gasteiger partial charge in [-0.2, -0.15) is 8.42 Å². The molecule has 0 saturated heterocycles. The molecule has 1 atom stereocenters. The summed E-state index contributed by atoms with van der Waals surface area (Å²) in [4.78, 5) is 11.8. The summed E-state index contributed by atoms with van der Waals surface area (Å²) in [7, 11) is -2.74. The molecule has 0 amide bonds. The third-order valence-corrected chi connectivity index (χ3v) is 3.91. The zero-order chi connectivity index (χ0) is 15.7. The van der Waals surface area contributed by atoms with Gasteiger partial charge in [-0.25, -0.2) is 8.78 Å². The Morgan fingerprint density at radius 2 is 1.86 bits per heavy atom. The lowest BCUT2D eigenvalue weighted by Gasteiger charge is -2.14. The highest BCUT2D eigenvalue weighted by Gasteiger charge is 2.25. The van der Waals surface area contributed by atoms with Crippen LogP contribution in [-0.4, -0.2) is 25.2 Å². The molecule has 0 saturated carbocycles. The molecular formula is C15H12F2O3S. The Morgan fingerprint density at radius 3 is 2.43 bits per heavy atom. The largest absolute Gasteiger partial charge is 0.289 e. The van der Waals surface area contributed by atoms with Crippen molar-refractivity contribution in [3.63, 3.8) is 0 Å². The number of rotatable bonds is 2. The van der Waals surface area contributed by atoms with Crippen molar-refractivity contribution >= 4 is 20.9 Å². The molecule has 1 aromatic rings. The third kappa shape index (κ3) is 3.00. The van der Waals surface area contributed by atoms with Crippen LogP contribution in [0.25, 0.3) is 0 Å². The molecule has 0 fully saturated rings. The zero-order valence-electron chi connectivity index (χ0n) is 11.4. The minimum atomic E-state index is -2.74. The Balaban J connectivity index is 2.50. The summed E-state index contributed by atoms with van der Waals surface area (Å²) in [5, 5.41) is 0. The van der Waals surface area contributed by atoms with Crippen molar-refractivity contribution in [1.29, 1.82) is 0 Å². The van der Waals surface area contributed by atoms with Crippen LogP contribution < -0.4 is 0 Å². The van der Waals surface area contributed by atoms with E-state index in [-0.39, 0.29) is 16.7 Å². The summed E-state index contributed by atoms with van der Waals surface area (Å²) >= 11 is 0. The second-order valence-corrected chi connectivity index (χ2v) is 5.72. The quantitative estimate of drug-likeness (QED) is 0.623. The van der Waals surface area contributed by atoms with Crippen molar-refractivity contribution in [1.82, 2.24) is 0 Å². The molecule has 1 aliphatic rings. The number of benzene rings is 1. The normalized spacial score (nSPS) is 18.1. The monoisotopic (exact) mass is 310 g/mol. The second-order valence-electron chi connectivity index (χ2n) is 4.78. The molecule has 1 aliphatic carbocycles. The van der Waals surface area contributed by atoms with E-state index in [1.807, 2.05) is 0 Å². The van der Waals surface area contributed by atoms with Gasteiger partial charge in [0.1, 0.15) is 10.7 Å². The fourth-order valence-electron chi connectivity index (χ4n) is 2.03. The minimum absolute atomic E-state index is 0.0617.